The Bertz CT molecular complexity index is 659. The monoisotopic (exact) mass is 322 g/mol. The summed E-state index contributed by atoms with van der Waals surface area (Å²) in [4.78, 5) is 13.6. The van der Waals surface area contributed by atoms with Crippen LogP contribution in [0.1, 0.15) is 12.8 Å². The first-order valence-corrected chi connectivity index (χ1v) is 8.73. The lowest BCUT2D eigenvalue weighted by Crippen LogP contribution is -2.41. The SMILES string of the molecule is OC1CCCN(c2nc3nonc3nc2N2CCSCC2)C1. The lowest BCUT2D eigenvalue weighted by molar-refractivity contribution is 0.154. The number of β-amino-alcohol motifs (C(OH)–C–C–N with tert-alkyl or cyclic N) is 1. The fourth-order valence-corrected chi connectivity index (χ4v) is 3.87. The first kappa shape index (κ1) is 14.0. The molecule has 22 heavy (non-hydrogen) atoms. The number of aliphatic hydroxyl groups is 1. The van der Waals surface area contributed by atoms with E-state index in [4.69, 9.17) is 4.63 Å². The van der Waals surface area contributed by atoms with Crippen LogP contribution in [0.4, 0.5) is 11.6 Å². The van der Waals surface area contributed by atoms with Crippen LogP contribution in [-0.2, 0) is 0 Å². The van der Waals surface area contributed by atoms with Crippen LogP contribution in [0, 0.1) is 0 Å². The third kappa shape index (κ3) is 2.58. The quantitative estimate of drug-likeness (QED) is 0.849. The molecule has 118 valence electrons. The van der Waals surface area contributed by atoms with Gasteiger partial charge in [-0.25, -0.2) is 14.6 Å². The van der Waals surface area contributed by atoms with Gasteiger partial charge in [-0.3, -0.25) is 0 Å². The number of aromatic nitrogens is 4. The molecule has 0 spiro atoms. The second-order valence-corrected chi connectivity index (χ2v) is 6.85. The minimum Gasteiger partial charge on any atom is -0.391 e. The van der Waals surface area contributed by atoms with Crippen molar-refractivity contribution in [3.63, 3.8) is 0 Å². The maximum atomic E-state index is 9.96. The molecule has 2 aliphatic heterocycles. The first-order valence-electron chi connectivity index (χ1n) is 7.57. The lowest BCUT2D eigenvalue weighted by Gasteiger charge is -2.35. The van der Waals surface area contributed by atoms with E-state index in [2.05, 4.69) is 30.1 Å². The summed E-state index contributed by atoms with van der Waals surface area (Å²) in [7, 11) is 0. The molecule has 2 aliphatic rings. The van der Waals surface area contributed by atoms with Crippen molar-refractivity contribution in [3.05, 3.63) is 0 Å². The molecule has 2 aromatic heterocycles. The number of hydrogen-bond donors (Lipinski definition) is 1. The number of thioether (sulfide) groups is 1. The highest BCUT2D eigenvalue weighted by Crippen LogP contribution is 2.30. The number of aliphatic hydroxyl groups excluding tert-OH is 1. The molecule has 2 aromatic rings. The van der Waals surface area contributed by atoms with Crippen molar-refractivity contribution < 1.29 is 9.74 Å². The van der Waals surface area contributed by atoms with Gasteiger partial charge in [-0.2, -0.15) is 11.8 Å². The summed E-state index contributed by atoms with van der Waals surface area (Å²) >= 11 is 1.95. The molecular formula is C13H18N6O2S. The van der Waals surface area contributed by atoms with E-state index in [1.807, 2.05) is 11.8 Å². The zero-order chi connectivity index (χ0) is 14.9. The molecule has 0 saturated carbocycles. The largest absolute Gasteiger partial charge is 0.391 e. The smallest absolute Gasteiger partial charge is 0.245 e. The summed E-state index contributed by atoms with van der Waals surface area (Å²) in [5, 5.41) is 17.6. The Balaban J connectivity index is 1.75. The van der Waals surface area contributed by atoms with E-state index in [1.54, 1.807) is 0 Å². The summed E-state index contributed by atoms with van der Waals surface area (Å²) in [5.41, 5.74) is 0.861. The number of nitrogens with zero attached hydrogens (tertiary/aromatic N) is 6. The topological polar surface area (TPSA) is 91.4 Å². The average Bonchev–Trinajstić information content (AvgIpc) is 3.02. The number of piperidine rings is 1. The molecule has 0 amide bonds. The Labute approximate surface area is 131 Å². The maximum absolute atomic E-state index is 9.96. The highest BCUT2D eigenvalue weighted by atomic mass is 32.2. The third-order valence-corrected chi connectivity index (χ3v) is 5.03. The molecule has 0 aromatic carbocycles. The van der Waals surface area contributed by atoms with E-state index in [9.17, 15) is 5.11 Å². The Kier molecular flexibility index (Phi) is 3.75. The second-order valence-electron chi connectivity index (χ2n) is 5.62. The Hall–Kier alpha value is -1.61. The summed E-state index contributed by atoms with van der Waals surface area (Å²) < 4.78 is 4.76. The van der Waals surface area contributed by atoms with Crippen molar-refractivity contribution in [2.45, 2.75) is 18.9 Å². The third-order valence-electron chi connectivity index (χ3n) is 4.08. The number of anilines is 2. The van der Waals surface area contributed by atoms with E-state index in [0.29, 0.717) is 17.8 Å². The number of hydrogen-bond acceptors (Lipinski definition) is 9. The van der Waals surface area contributed by atoms with Crippen LogP contribution in [0.5, 0.6) is 0 Å². The van der Waals surface area contributed by atoms with Crippen LogP contribution in [0.2, 0.25) is 0 Å². The Morgan fingerprint density at radius 2 is 1.68 bits per heavy atom. The van der Waals surface area contributed by atoms with Crippen LogP contribution >= 0.6 is 11.8 Å². The standard InChI is InChI=1S/C13H18N6O2S/c20-9-2-1-3-19(8-9)13-12(18-4-6-22-7-5-18)14-10-11(15-13)17-21-16-10/h9,20H,1-8H2. The van der Waals surface area contributed by atoms with E-state index in [-0.39, 0.29) is 6.10 Å². The summed E-state index contributed by atoms with van der Waals surface area (Å²) in [6.45, 7) is 3.35. The molecule has 4 heterocycles. The van der Waals surface area contributed by atoms with Gasteiger partial charge in [0.05, 0.1) is 6.10 Å². The van der Waals surface area contributed by atoms with Crippen LogP contribution in [0.25, 0.3) is 11.3 Å². The van der Waals surface area contributed by atoms with Crippen LogP contribution in [0.3, 0.4) is 0 Å². The number of fused-ring (bicyclic) bond motifs is 1. The molecule has 4 rings (SSSR count). The fourth-order valence-electron chi connectivity index (χ4n) is 2.97. The Morgan fingerprint density at radius 1 is 1.00 bits per heavy atom. The molecule has 0 bridgehead atoms. The first-order chi connectivity index (χ1) is 10.8. The van der Waals surface area contributed by atoms with Gasteiger partial charge in [0.2, 0.25) is 11.3 Å². The summed E-state index contributed by atoms with van der Waals surface area (Å²) in [6.07, 6.45) is 1.48. The lowest BCUT2D eigenvalue weighted by atomic mass is 10.1. The molecule has 2 fully saturated rings. The average molecular weight is 322 g/mol. The van der Waals surface area contributed by atoms with E-state index >= 15 is 0 Å². The zero-order valence-corrected chi connectivity index (χ0v) is 13.0. The zero-order valence-electron chi connectivity index (χ0n) is 12.2. The van der Waals surface area contributed by atoms with Crippen molar-refractivity contribution in [2.24, 2.45) is 0 Å². The van der Waals surface area contributed by atoms with Gasteiger partial charge in [-0.05, 0) is 23.2 Å². The van der Waals surface area contributed by atoms with Gasteiger partial charge in [0.15, 0.2) is 11.6 Å². The van der Waals surface area contributed by atoms with Gasteiger partial charge in [0, 0.05) is 37.7 Å². The van der Waals surface area contributed by atoms with Gasteiger partial charge < -0.3 is 14.9 Å². The predicted molar refractivity (Wildman–Crippen MR) is 84.4 cm³/mol. The second kappa shape index (κ2) is 5.88. The number of rotatable bonds is 2. The van der Waals surface area contributed by atoms with Gasteiger partial charge >= 0.3 is 0 Å². The van der Waals surface area contributed by atoms with E-state index in [1.165, 1.54) is 0 Å². The molecule has 0 radical (unpaired) electrons. The highest BCUT2D eigenvalue weighted by Gasteiger charge is 2.27. The predicted octanol–water partition coefficient (Wildman–Crippen LogP) is 0.527. The van der Waals surface area contributed by atoms with Crippen molar-refractivity contribution in [2.75, 3.05) is 47.5 Å². The summed E-state index contributed by atoms with van der Waals surface area (Å²) in [6, 6.07) is 0. The molecule has 9 heteroatoms. The van der Waals surface area contributed by atoms with Gasteiger partial charge in [0.25, 0.3) is 0 Å². The van der Waals surface area contributed by atoms with Crippen molar-refractivity contribution >= 4 is 34.7 Å². The molecular weight excluding hydrogens is 304 g/mol. The van der Waals surface area contributed by atoms with Gasteiger partial charge in [-0.15, -0.1) is 0 Å². The maximum Gasteiger partial charge on any atom is 0.245 e. The van der Waals surface area contributed by atoms with E-state index in [0.717, 1.165) is 55.6 Å². The minimum atomic E-state index is -0.313. The molecule has 1 N–H and O–H groups in total. The fraction of sp³-hybridized carbons (Fsp3) is 0.692. The van der Waals surface area contributed by atoms with Crippen LogP contribution < -0.4 is 9.80 Å². The molecule has 8 nitrogen and oxygen atoms in total. The normalized spacial score (nSPS) is 23.2. The Morgan fingerprint density at radius 3 is 2.36 bits per heavy atom. The minimum absolute atomic E-state index is 0.313. The molecule has 1 unspecified atom stereocenters. The van der Waals surface area contributed by atoms with Crippen molar-refractivity contribution in [3.8, 4) is 0 Å². The molecule has 0 aliphatic carbocycles. The van der Waals surface area contributed by atoms with Crippen molar-refractivity contribution in [1.29, 1.82) is 0 Å². The summed E-state index contributed by atoms with van der Waals surface area (Å²) in [5.74, 6) is 3.78. The van der Waals surface area contributed by atoms with Crippen LogP contribution in [0.15, 0.2) is 4.63 Å². The highest BCUT2D eigenvalue weighted by molar-refractivity contribution is 7.99. The van der Waals surface area contributed by atoms with Crippen LogP contribution in [-0.4, -0.2) is 69.2 Å². The molecule has 2 saturated heterocycles. The van der Waals surface area contributed by atoms with Crippen molar-refractivity contribution in [1.82, 2.24) is 20.3 Å². The van der Waals surface area contributed by atoms with Gasteiger partial charge in [-0.1, -0.05) is 0 Å². The van der Waals surface area contributed by atoms with E-state index < -0.39 is 0 Å². The van der Waals surface area contributed by atoms with Gasteiger partial charge in [0.1, 0.15) is 0 Å². The molecule has 1 atom stereocenters.